The fraction of sp³-hybridized carbons (Fsp3) is 0.158. The van der Waals surface area contributed by atoms with Gasteiger partial charge >= 0.3 is 0 Å². The molecule has 0 saturated carbocycles. The first-order valence-corrected chi connectivity index (χ1v) is 8.86. The minimum absolute atomic E-state index is 0.377. The second-order valence-corrected chi connectivity index (χ2v) is 6.40. The summed E-state index contributed by atoms with van der Waals surface area (Å²) in [6.07, 6.45) is 3.61. The van der Waals surface area contributed by atoms with Crippen LogP contribution in [0.15, 0.2) is 60.8 Å². The van der Waals surface area contributed by atoms with Crippen molar-refractivity contribution in [1.82, 2.24) is 14.9 Å². The van der Waals surface area contributed by atoms with E-state index in [0.29, 0.717) is 13.2 Å². The Morgan fingerprint density at radius 3 is 2.80 bits per heavy atom. The van der Waals surface area contributed by atoms with Crippen LogP contribution in [-0.4, -0.2) is 28.6 Å². The zero-order valence-electron chi connectivity index (χ0n) is 14.1. The van der Waals surface area contributed by atoms with Gasteiger partial charge in [0.05, 0.1) is 6.67 Å². The second-order valence-electron chi connectivity index (χ2n) is 5.51. The van der Waals surface area contributed by atoms with Gasteiger partial charge in [-0.1, -0.05) is 30.8 Å². The van der Waals surface area contributed by atoms with Gasteiger partial charge in [0.25, 0.3) is 0 Å². The first-order valence-electron chi connectivity index (χ1n) is 7.98. The highest BCUT2D eigenvalue weighted by Crippen LogP contribution is 2.31. The van der Waals surface area contributed by atoms with Gasteiger partial charge in [-0.15, -0.1) is 11.3 Å². The number of nitrogens with one attached hydrogen (secondary N) is 1. The number of benzene rings is 1. The zero-order valence-corrected chi connectivity index (χ0v) is 15.0. The van der Waals surface area contributed by atoms with Gasteiger partial charge in [-0.25, -0.2) is 9.97 Å². The van der Waals surface area contributed by atoms with E-state index in [-0.39, 0.29) is 0 Å². The molecule has 0 radical (unpaired) electrons. The van der Waals surface area contributed by atoms with Crippen LogP contribution in [0.25, 0.3) is 16.3 Å². The normalized spacial score (nSPS) is 10.5. The van der Waals surface area contributed by atoms with Crippen molar-refractivity contribution in [3.63, 3.8) is 0 Å². The lowest BCUT2D eigenvalue weighted by Crippen LogP contribution is -2.28. The van der Waals surface area contributed by atoms with Crippen LogP contribution < -0.4 is 11.1 Å². The second kappa shape index (κ2) is 7.92. The fourth-order valence-corrected chi connectivity index (χ4v) is 3.33. The molecule has 0 spiro atoms. The predicted molar refractivity (Wildman–Crippen MR) is 105 cm³/mol. The summed E-state index contributed by atoms with van der Waals surface area (Å²) in [4.78, 5) is 10.7. The maximum Gasteiger partial charge on any atom is 0.125 e. The quantitative estimate of drug-likeness (QED) is 0.636. The molecular weight excluding hydrogens is 330 g/mol. The Morgan fingerprint density at radius 1 is 1.24 bits per heavy atom. The summed E-state index contributed by atoms with van der Waals surface area (Å²) in [5.41, 5.74) is 10.1. The van der Waals surface area contributed by atoms with Crippen LogP contribution in [0.4, 0.5) is 5.82 Å². The summed E-state index contributed by atoms with van der Waals surface area (Å²) in [6, 6.07) is 12.2. The molecule has 25 heavy (non-hydrogen) atoms. The molecule has 128 valence electrons. The van der Waals surface area contributed by atoms with E-state index in [1.807, 2.05) is 42.9 Å². The van der Waals surface area contributed by atoms with Crippen LogP contribution in [0.3, 0.4) is 0 Å². The van der Waals surface area contributed by atoms with E-state index in [1.54, 1.807) is 17.5 Å². The lowest BCUT2D eigenvalue weighted by molar-refractivity contribution is 0.403. The molecular formula is C19H21N5S. The Labute approximate surface area is 151 Å². The molecule has 0 amide bonds. The summed E-state index contributed by atoms with van der Waals surface area (Å²) >= 11 is 1.62. The SMILES string of the molecule is C=C(c1ccccc1-c1nccs1)N(CN)Cc1ccnc(NC)c1. The summed E-state index contributed by atoms with van der Waals surface area (Å²) in [6.45, 7) is 5.34. The fourth-order valence-electron chi connectivity index (χ4n) is 2.65. The molecule has 0 aliphatic carbocycles. The van der Waals surface area contributed by atoms with Crippen LogP contribution in [-0.2, 0) is 6.54 Å². The number of anilines is 1. The average Bonchev–Trinajstić information content (AvgIpc) is 3.20. The highest BCUT2D eigenvalue weighted by molar-refractivity contribution is 7.13. The van der Waals surface area contributed by atoms with Gasteiger partial charge in [-0.3, -0.25) is 0 Å². The van der Waals surface area contributed by atoms with Crippen molar-refractivity contribution >= 4 is 22.9 Å². The molecule has 0 aliphatic rings. The lowest BCUT2D eigenvalue weighted by Gasteiger charge is -2.26. The maximum absolute atomic E-state index is 6.02. The molecule has 3 aromatic rings. The lowest BCUT2D eigenvalue weighted by atomic mass is 10.0. The molecule has 2 aromatic heterocycles. The number of nitrogens with two attached hydrogens (primary N) is 1. The van der Waals surface area contributed by atoms with E-state index < -0.39 is 0 Å². The van der Waals surface area contributed by atoms with Gasteiger partial charge in [-0.2, -0.15) is 0 Å². The van der Waals surface area contributed by atoms with Crippen LogP contribution >= 0.6 is 11.3 Å². The minimum Gasteiger partial charge on any atom is -0.373 e. The zero-order chi connectivity index (χ0) is 17.6. The summed E-state index contributed by atoms with van der Waals surface area (Å²) in [7, 11) is 1.86. The van der Waals surface area contributed by atoms with Crippen molar-refractivity contribution in [1.29, 1.82) is 0 Å². The third-order valence-electron chi connectivity index (χ3n) is 3.96. The topological polar surface area (TPSA) is 67.1 Å². The van der Waals surface area contributed by atoms with E-state index in [1.165, 1.54) is 0 Å². The predicted octanol–water partition coefficient (Wildman–Crippen LogP) is 3.64. The Balaban J connectivity index is 1.88. The van der Waals surface area contributed by atoms with Crippen molar-refractivity contribution in [3.8, 4) is 10.6 Å². The highest BCUT2D eigenvalue weighted by Gasteiger charge is 2.15. The van der Waals surface area contributed by atoms with E-state index in [9.17, 15) is 0 Å². The highest BCUT2D eigenvalue weighted by atomic mass is 32.1. The monoisotopic (exact) mass is 351 g/mol. The standard InChI is InChI=1S/C19H21N5S/c1-14(16-5-3-4-6-17(16)19-23-9-10-25-19)24(13-20)12-15-7-8-22-18(11-15)21-2/h3-11H,1,12-13,20H2,2H3,(H,21,22). The van der Waals surface area contributed by atoms with E-state index in [0.717, 1.165) is 33.2 Å². The van der Waals surface area contributed by atoms with Crippen molar-refractivity contribution in [2.24, 2.45) is 5.73 Å². The van der Waals surface area contributed by atoms with Crippen LogP contribution in [0.1, 0.15) is 11.1 Å². The minimum atomic E-state index is 0.377. The van der Waals surface area contributed by atoms with Crippen molar-refractivity contribution < 1.29 is 0 Å². The molecule has 1 aromatic carbocycles. The summed E-state index contributed by atoms with van der Waals surface area (Å²) in [5, 5.41) is 6.02. The number of pyridine rings is 1. The van der Waals surface area contributed by atoms with Crippen molar-refractivity contribution in [2.75, 3.05) is 19.0 Å². The largest absolute Gasteiger partial charge is 0.373 e. The van der Waals surface area contributed by atoms with Crippen LogP contribution in [0.5, 0.6) is 0 Å². The number of rotatable bonds is 7. The third-order valence-corrected chi connectivity index (χ3v) is 4.76. The van der Waals surface area contributed by atoms with Crippen molar-refractivity contribution in [2.45, 2.75) is 6.54 Å². The number of aromatic nitrogens is 2. The summed E-state index contributed by atoms with van der Waals surface area (Å²) < 4.78 is 0. The number of hydrogen-bond donors (Lipinski definition) is 2. The number of thiazole rings is 1. The first kappa shape index (κ1) is 17.1. The molecule has 2 heterocycles. The van der Waals surface area contributed by atoms with E-state index in [4.69, 9.17) is 5.73 Å². The molecule has 3 rings (SSSR count). The van der Waals surface area contributed by atoms with E-state index in [2.05, 4.69) is 38.9 Å². The van der Waals surface area contributed by atoms with Gasteiger partial charge < -0.3 is 16.0 Å². The first-order chi connectivity index (χ1) is 12.2. The van der Waals surface area contributed by atoms with Gasteiger partial charge in [0, 0.05) is 48.2 Å². The van der Waals surface area contributed by atoms with Crippen LogP contribution in [0.2, 0.25) is 0 Å². The molecule has 0 unspecified atom stereocenters. The Hall–Kier alpha value is -2.70. The molecule has 0 aliphatic heterocycles. The molecule has 3 N–H and O–H groups in total. The molecule has 6 heteroatoms. The molecule has 0 bridgehead atoms. The van der Waals surface area contributed by atoms with Crippen molar-refractivity contribution in [3.05, 3.63) is 71.9 Å². The molecule has 0 fully saturated rings. The maximum atomic E-state index is 6.02. The van der Waals surface area contributed by atoms with Crippen LogP contribution in [0, 0.1) is 0 Å². The smallest absolute Gasteiger partial charge is 0.125 e. The molecule has 5 nitrogen and oxygen atoms in total. The van der Waals surface area contributed by atoms with Gasteiger partial charge in [0.1, 0.15) is 10.8 Å². The summed E-state index contributed by atoms with van der Waals surface area (Å²) in [5.74, 6) is 0.836. The average molecular weight is 351 g/mol. The Kier molecular flexibility index (Phi) is 5.42. The van der Waals surface area contributed by atoms with Gasteiger partial charge in [0.15, 0.2) is 0 Å². The van der Waals surface area contributed by atoms with Gasteiger partial charge in [-0.05, 0) is 17.7 Å². The molecule has 0 atom stereocenters. The Bertz CT molecular complexity index is 845. The van der Waals surface area contributed by atoms with Gasteiger partial charge in [0.2, 0.25) is 0 Å². The Morgan fingerprint density at radius 2 is 2.08 bits per heavy atom. The molecule has 0 saturated heterocycles. The third kappa shape index (κ3) is 3.87. The van der Waals surface area contributed by atoms with E-state index >= 15 is 0 Å². The number of nitrogens with zero attached hydrogens (tertiary/aromatic N) is 3. The number of hydrogen-bond acceptors (Lipinski definition) is 6.